The first-order valence-corrected chi connectivity index (χ1v) is 8.86. The summed E-state index contributed by atoms with van der Waals surface area (Å²) in [4.78, 5) is 29.5. The lowest BCUT2D eigenvalue weighted by molar-refractivity contribution is 0.101. The molecule has 0 aliphatic carbocycles. The second-order valence-corrected chi connectivity index (χ2v) is 6.71. The molecule has 1 N–H and O–H groups in total. The summed E-state index contributed by atoms with van der Waals surface area (Å²) in [6, 6.07) is 16.7. The molecule has 1 aromatic heterocycles. The van der Waals surface area contributed by atoms with Gasteiger partial charge in [0.1, 0.15) is 0 Å². The second-order valence-electron chi connectivity index (χ2n) is 5.71. The third kappa shape index (κ3) is 4.04. The summed E-state index contributed by atoms with van der Waals surface area (Å²) in [6.45, 7) is 1.94. The number of benzene rings is 2. The van der Waals surface area contributed by atoms with Crippen molar-refractivity contribution in [2.24, 2.45) is 0 Å². The number of carbonyl (C=O) groups is 2. The largest absolute Gasteiger partial charge is 0.380 e. The highest BCUT2D eigenvalue weighted by Crippen LogP contribution is 2.31. The molecule has 2 aromatic carbocycles. The number of nitrogens with zero attached hydrogens (tertiary/aromatic N) is 1. The topological polar surface area (TPSA) is 68.3 Å². The first-order chi connectivity index (χ1) is 12.6. The number of thiazole rings is 1. The van der Waals surface area contributed by atoms with E-state index in [1.54, 1.807) is 19.2 Å². The predicted molar refractivity (Wildman–Crippen MR) is 103 cm³/mol. The van der Waals surface area contributed by atoms with Crippen LogP contribution in [0.1, 0.15) is 32.5 Å². The SMILES string of the molecule is COCc1cccc(C(=O)Nc2nc(-c3ccccc3)c(C(C)=O)s2)c1. The number of rotatable bonds is 6. The number of aromatic nitrogens is 1. The number of carbonyl (C=O) groups excluding carboxylic acids is 2. The van der Waals surface area contributed by atoms with E-state index >= 15 is 0 Å². The number of hydrogen-bond donors (Lipinski definition) is 1. The molecule has 0 fully saturated rings. The summed E-state index contributed by atoms with van der Waals surface area (Å²) in [5, 5.41) is 3.19. The molecule has 5 nitrogen and oxygen atoms in total. The van der Waals surface area contributed by atoms with Crippen molar-refractivity contribution < 1.29 is 14.3 Å². The van der Waals surface area contributed by atoms with Crippen molar-refractivity contribution in [1.82, 2.24) is 4.98 Å². The Bertz CT molecular complexity index is 935. The minimum absolute atomic E-state index is 0.0797. The molecule has 0 radical (unpaired) electrons. The fourth-order valence-corrected chi connectivity index (χ4v) is 3.42. The van der Waals surface area contributed by atoms with E-state index < -0.39 is 0 Å². The first kappa shape index (κ1) is 18.0. The van der Waals surface area contributed by atoms with Gasteiger partial charge in [-0.25, -0.2) is 4.98 Å². The minimum atomic E-state index is -0.272. The van der Waals surface area contributed by atoms with E-state index in [1.807, 2.05) is 42.5 Å². The quantitative estimate of drug-likeness (QED) is 0.656. The summed E-state index contributed by atoms with van der Waals surface area (Å²) in [7, 11) is 1.61. The summed E-state index contributed by atoms with van der Waals surface area (Å²) in [5.74, 6) is -0.352. The maximum atomic E-state index is 12.5. The van der Waals surface area contributed by atoms with Crippen LogP contribution in [0.15, 0.2) is 54.6 Å². The number of nitrogens with one attached hydrogen (secondary N) is 1. The van der Waals surface area contributed by atoms with Gasteiger partial charge in [0.15, 0.2) is 10.9 Å². The maximum absolute atomic E-state index is 12.5. The number of amides is 1. The number of ether oxygens (including phenoxy) is 1. The van der Waals surface area contributed by atoms with E-state index in [1.165, 1.54) is 18.3 Å². The van der Waals surface area contributed by atoms with Gasteiger partial charge in [-0.05, 0) is 17.7 Å². The summed E-state index contributed by atoms with van der Waals surface area (Å²) < 4.78 is 5.10. The highest BCUT2D eigenvalue weighted by molar-refractivity contribution is 7.18. The zero-order valence-electron chi connectivity index (χ0n) is 14.5. The van der Waals surface area contributed by atoms with E-state index in [0.29, 0.717) is 27.9 Å². The molecule has 1 amide bonds. The fraction of sp³-hybridized carbons (Fsp3) is 0.150. The van der Waals surface area contributed by atoms with Gasteiger partial charge < -0.3 is 4.74 Å². The molecular weight excluding hydrogens is 348 g/mol. The van der Waals surface area contributed by atoms with Crippen LogP contribution >= 0.6 is 11.3 Å². The highest BCUT2D eigenvalue weighted by Gasteiger charge is 2.18. The molecule has 3 aromatic rings. The van der Waals surface area contributed by atoms with Gasteiger partial charge in [0.2, 0.25) is 0 Å². The van der Waals surface area contributed by atoms with Crippen LogP contribution in [0.5, 0.6) is 0 Å². The smallest absolute Gasteiger partial charge is 0.257 e. The standard InChI is InChI=1S/C20H18N2O3S/c1-13(23)18-17(15-8-4-3-5-9-15)21-20(26-18)22-19(24)16-10-6-7-14(11-16)12-25-2/h3-11H,12H2,1-2H3,(H,21,22,24). The summed E-state index contributed by atoms with van der Waals surface area (Å²) in [6.07, 6.45) is 0. The molecule has 0 aliphatic rings. The van der Waals surface area contributed by atoms with E-state index in [-0.39, 0.29) is 11.7 Å². The van der Waals surface area contributed by atoms with E-state index in [0.717, 1.165) is 11.1 Å². The van der Waals surface area contributed by atoms with Gasteiger partial charge in [-0.15, -0.1) is 0 Å². The molecule has 1 heterocycles. The Morgan fingerprint density at radius 1 is 1.12 bits per heavy atom. The van der Waals surface area contributed by atoms with Crippen LogP contribution in [0.25, 0.3) is 11.3 Å². The monoisotopic (exact) mass is 366 g/mol. The minimum Gasteiger partial charge on any atom is -0.380 e. The molecule has 0 spiro atoms. The van der Waals surface area contributed by atoms with Gasteiger partial charge in [-0.2, -0.15) is 0 Å². The predicted octanol–water partition coefficient (Wildman–Crippen LogP) is 4.41. The Hall–Kier alpha value is -2.83. The number of anilines is 1. The lowest BCUT2D eigenvalue weighted by Crippen LogP contribution is -2.12. The zero-order valence-corrected chi connectivity index (χ0v) is 15.3. The van der Waals surface area contributed by atoms with Crippen molar-refractivity contribution in [3.8, 4) is 11.3 Å². The van der Waals surface area contributed by atoms with Crippen molar-refractivity contribution in [1.29, 1.82) is 0 Å². The summed E-state index contributed by atoms with van der Waals surface area (Å²) in [5.41, 5.74) is 2.86. The Kier molecular flexibility index (Phi) is 5.55. The van der Waals surface area contributed by atoms with Crippen LogP contribution < -0.4 is 5.32 Å². The molecule has 6 heteroatoms. The van der Waals surface area contributed by atoms with Crippen molar-refractivity contribution in [3.05, 3.63) is 70.6 Å². The Morgan fingerprint density at radius 3 is 2.58 bits per heavy atom. The third-order valence-corrected chi connectivity index (χ3v) is 4.79. The number of hydrogen-bond acceptors (Lipinski definition) is 5. The Morgan fingerprint density at radius 2 is 1.88 bits per heavy atom. The lowest BCUT2D eigenvalue weighted by atomic mass is 10.1. The average molecular weight is 366 g/mol. The van der Waals surface area contributed by atoms with Gasteiger partial charge in [-0.3, -0.25) is 14.9 Å². The maximum Gasteiger partial charge on any atom is 0.257 e. The van der Waals surface area contributed by atoms with Gasteiger partial charge in [0.05, 0.1) is 17.2 Å². The molecule has 0 bridgehead atoms. The van der Waals surface area contributed by atoms with Crippen molar-refractivity contribution in [2.45, 2.75) is 13.5 Å². The number of methoxy groups -OCH3 is 1. The van der Waals surface area contributed by atoms with Gasteiger partial charge in [-0.1, -0.05) is 53.8 Å². The van der Waals surface area contributed by atoms with E-state index in [9.17, 15) is 9.59 Å². The van der Waals surface area contributed by atoms with Gasteiger partial charge >= 0.3 is 0 Å². The highest BCUT2D eigenvalue weighted by atomic mass is 32.1. The summed E-state index contributed by atoms with van der Waals surface area (Å²) >= 11 is 1.18. The van der Waals surface area contributed by atoms with Crippen molar-refractivity contribution >= 4 is 28.2 Å². The van der Waals surface area contributed by atoms with Crippen molar-refractivity contribution in [3.63, 3.8) is 0 Å². The van der Waals surface area contributed by atoms with Crippen LogP contribution in [0, 0.1) is 0 Å². The Labute approximate surface area is 155 Å². The van der Waals surface area contributed by atoms with Crippen molar-refractivity contribution in [2.75, 3.05) is 12.4 Å². The molecule has 0 aliphatic heterocycles. The Balaban J connectivity index is 1.87. The normalized spacial score (nSPS) is 10.5. The molecule has 0 saturated heterocycles. The van der Waals surface area contributed by atoms with E-state index in [4.69, 9.17) is 4.74 Å². The first-order valence-electron chi connectivity index (χ1n) is 8.05. The molecule has 3 rings (SSSR count). The van der Waals surface area contributed by atoms with Crippen LogP contribution in [-0.4, -0.2) is 23.8 Å². The van der Waals surface area contributed by atoms with Crippen LogP contribution in [-0.2, 0) is 11.3 Å². The lowest BCUT2D eigenvalue weighted by Gasteiger charge is -2.04. The van der Waals surface area contributed by atoms with E-state index in [2.05, 4.69) is 10.3 Å². The van der Waals surface area contributed by atoms with Gasteiger partial charge in [0.25, 0.3) is 5.91 Å². The third-order valence-electron chi connectivity index (χ3n) is 3.71. The average Bonchev–Trinajstić information content (AvgIpc) is 3.07. The van der Waals surface area contributed by atoms with Crippen LogP contribution in [0.2, 0.25) is 0 Å². The second kappa shape index (κ2) is 8.03. The molecule has 0 saturated carbocycles. The molecule has 0 atom stereocenters. The molecular formula is C20H18N2O3S. The van der Waals surface area contributed by atoms with Gasteiger partial charge in [0, 0.05) is 25.2 Å². The molecule has 0 unspecified atom stereocenters. The molecule has 132 valence electrons. The number of Topliss-reactive ketones (excluding diaryl/α,β-unsaturated/α-hetero) is 1. The number of ketones is 1. The zero-order chi connectivity index (χ0) is 18.5. The van der Waals surface area contributed by atoms with Crippen LogP contribution in [0.4, 0.5) is 5.13 Å². The molecule has 26 heavy (non-hydrogen) atoms. The fourth-order valence-electron chi connectivity index (χ4n) is 2.54. The van der Waals surface area contributed by atoms with Crippen LogP contribution in [0.3, 0.4) is 0 Å².